The summed E-state index contributed by atoms with van der Waals surface area (Å²) in [6.45, 7) is 2.12. The smallest absolute Gasteiger partial charge is 0.345 e. The van der Waals surface area contributed by atoms with Crippen molar-refractivity contribution in [2.75, 3.05) is 11.9 Å². The molecule has 19 heavy (non-hydrogen) atoms. The first-order chi connectivity index (χ1) is 8.97. The molecule has 1 amide bonds. The molecule has 2 N–H and O–H groups in total. The number of aliphatic carboxylic acids is 1. The van der Waals surface area contributed by atoms with Crippen LogP contribution in [0.15, 0.2) is 22.7 Å². The first-order valence-electron chi connectivity index (χ1n) is 5.91. The lowest BCUT2D eigenvalue weighted by molar-refractivity contribution is -0.165. The van der Waals surface area contributed by atoms with E-state index in [2.05, 4.69) is 21.2 Å². The van der Waals surface area contributed by atoms with E-state index in [4.69, 9.17) is 4.74 Å². The minimum atomic E-state index is -1.76. The van der Waals surface area contributed by atoms with Gasteiger partial charge in [0.25, 0.3) is 5.91 Å². The van der Waals surface area contributed by atoms with E-state index >= 15 is 0 Å². The van der Waals surface area contributed by atoms with Crippen LogP contribution in [0.4, 0.5) is 5.69 Å². The molecule has 0 spiro atoms. The second-order valence-electron chi connectivity index (χ2n) is 4.45. The molecule has 5 nitrogen and oxygen atoms in total. The summed E-state index contributed by atoms with van der Waals surface area (Å²) in [6, 6.07) is 5.35. The van der Waals surface area contributed by atoms with Crippen molar-refractivity contribution in [2.24, 2.45) is 0 Å². The summed E-state index contributed by atoms with van der Waals surface area (Å²) in [5, 5.41) is 11.9. The molecule has 0 aliphatic carbocycles. The number of hydrogen-bond acceptors (Lipinski definition) is 3. The fraction of sp³-hybridized carbons (Fsp3) is 0.385. The molecule has 1 heterocycles. The maximum Gasteiger partial charge on any atom is 0.345 e. The van der Waals surface area contributed by atoms with Gasteiger partial charge < -0.3 is 15.2 Å². The number of carboxylic acids is 1. The van der Waals surface area contributed by atoms with Crippen LogP contribution in [0.1, 0.15) is 18.4 Å². The molecular weight excluding hydrogens is 314 g/mol. The lowest BCUT2D eigenvalue weighted by Gasteiger charge is -2.22. The number of carboxylic acid groups (broad SMARTS) is 1. The molecule has 0 bridgehead atoms. The topological polar surface area (TPSA) is 75.6 Å². The van der Waals surface area contributed by atoms with Gasteiger partial charge >= 0.3 is 5.97 Å². The summed E-state index contributed by atoms with van der Waals surface area (Å²) >= 11 is 3.36. The standard InChI is InChI=1S/C13H14BrNO4/c1-8-9(14)4-2-5-10(8)15-11(16)13(12(17)18)6-3-7-19-13/h2,4-5H,3,6-7H2,1H3,(H,15,16)(H,17,18). The zero-order chi connectivity index (χ0) is 14.0. The minimum Gasteiger partial charge on any atom is -0.479 e. The van der Waals surface area contributed by atoms with Crippen LogP contribution in [0.25, 0.3) is 0 Å². The Bertz CT molecular complexity index is 523. The summed E-state index contributed by atoms with van der Waals surface area (Å²) in [7, 11) is 0. The second-order valence-corrected chi connectivity index (χ2v) is 5.31. The Hall–Kier alpha value is -1.40. The number of carbonyl (C=O) groups excluding carboxylic acids is 1. The highest BCUT2D eigenvalue weighted by Crippen LogP contribution is 2.29. The maximum absolute atomic E-state index is 12.2. The van der Waals surface area contributed by atoms with Crippen molar-refractivity contribution in [3.8, 4) is 0 Å². The molecule has 0 radical (unpaired) electrons. The zero-order valence-electron chi connectivity index (χ0n) is 10.4. The molecule has 0 saturated carbocycles. The van der Waals surface area contributed by atoms with Crippen LogP contribution < -0.4 is 5.32 Å². The first-order valence-corrected chi connectivity index (χ1v) is 6.70. The van der Waals surface area contributed by atoms with E-state index in [1.807, 2.05) is 13.0 Å². The predicted molar refractivity (Wildman–Crippen MR) is 73.1 cm³/mol. The van der Waals surface area contributed by atoms with E-state index < -0.39 is 17.5 Å². The monoisotopic (exact) mass is 327 g/mol. The molecular formula is C13H14BrNO4. The number of nitrogens with one attached hydrogen (secondary N) is 1. The fourth-order valence-corrected chi connectivity index (χ4v) is 2.42. The third-order valence-electron chi connectivity index (χ3n) is 3.25. The molecule has 102 valence electrons. The molecule has 1 fully saturated rings. The highest BCUT2D eigenvalue weighted by atomic mass is 79.9. The number of halogens is 1. The third-order valence-corrected chi connectivity index (χ3v) is 4.11. The van der Waals surface area contributed by atoms with E-state index in [0.29, 0.717) is 12.1 Å². The van der Waals surface area contributed by atoms with Crippen LogP contribution in [0.2, 0.25) is 0 Å². The number of anilines is 1. The van der Waals surface area contributed by atoms with Crippen LogP contribution in [-0.2, 0) is 14.3 Å². The van der Waals surface area contributed by atoms with Gasteiger partial charge in [0.2, 0.25) is 5.60 Å². The molecule has 1 atom stereocenters. The van der Waals surface area contributed by atoms with Gasteiger partial charge in [-0.05, 0) is 37.5 Å². The van der Waals surface area contributed by atoms with E-state index in [9.17, 15) is 14.7 Å². The number of rotatable bonds is 3. The Kier molecular flexibility index (Phi) is 3.91. The van der Waals surface area contributed by atoms with Gasteiger partial charge in [0, 0.05) is 16.8 Å². The molecule has 1 aliphatic rings. The molecule has 1 unspecified atom stereocenters. The highest BCUT2D eigenvalue weighted by molar-refractivity contribution is 9.10. The number of ether oxygens (including phenoxy) is 1. The van der Waals surface area contributed by atoms with Crippen molar-refractivity contribution in [2.45, 2.75) is 25.4 Å². The van der Waals surface area contributed by atoms with Gasteiger partial charge in [0.05, 0.1) is 0 Å². The lowest BCUT2D eigenvalue weighted by atomic mass is 9.99. The summed E-state index contributed by atoms with van der Waals surface area (Å²) in [5.74, 6) is -1.87. The van der Waals surface area contributed by atoms with Gasteiger partial charge in [-0.2, -0.15) is 0 Å². The summed E-state index contributed by atoms with van der Waals surface area (Å²) < 4.78 is 6.03. The van der Waals surface area contributed by atoms with Gasteiger partial charge in [-0.3, -0.25) is 4.79 Å². The largest absolute Gasteiger partial charge is 0.479 e. The average Bonchev–Trinajstić information content (AvgIpc) is 2.85. The lowest BCUT2D eigenvalue weighted by Crippen LogP contribution is -2.49. The van der Waals surface area contributed by atoms with Crippen LogP contribution in [0.5, 0.6) is 0 Å². The third kappa shape index (κ3) is 2.50. The van der Waals surface area contributed by atoms with E-state index in [1.54, 1.807) is 12.1 Å². The normalized spacial score (nSPS) is 22.2. The number of amides is 1. The Morgan fingerprint density at radius 3 is 2.79 bits per heavy atom. The van der Waals surface area contributed by atoms with E-state index in [-0.39, 0.29) is 13.0 Å². The Labute approximate surface area is 119 Å². The molecule has 6 heteroatoms. The SMILES string of the molecule is Cc1c(Br)cccc1NC(=O)C1(C(=O)O)CCCO1. The summed E-state index contributed by atoms with van der Waals surface area (Å²) in [4.78, 5) is 23.5. The van der Waals surface area contributed by atoms with Gasteiger partial charge in [0.15, 0.2) is 0 Å². The van der Waals surface area contributed by atoms with Crippen LogP contribution in [0, 0.1) is 6.92 Å². The zero-order valence-corrected chi connectivity index (χ0v) is 12.0. The minimum absolute atomic E-state index is 0.196. The number of carbonyl (C=O) groups is 2. The highest BCUT2D eigenvalue weighted by Gasteiger charge is 2.50. The van der Waals surface area contributed by atoms with Gasteiger partial charge in [-0.1, -0.05) is 22.0 Å². The van der Waals surface area contributed by atoms with Crippen LogP contribution in [0.3, 0.4) is 0 Å². The first kappa shape index (κ1) is 14.0. The Morgan fingerprint density at radius 2 is 2.21 bits per heavy atom. The van der Waals surface area contributed by atoms with Gasteiger partial charge in [-0.25, -0.2) is 4.79 Å². The van der Waals surface area contributed by atoms with E-state index in [1.165, 1.54) is 0 Å². The molecule has 1 saturated heterocycles. The maximum atomic E-state index is 12.2. The van der Waals surface area contributed by atoms with Crippen LogP contribution >= 0.6 is 15.9 Å². The average molecular weight is 328 g/mol. The van der Waals surface area contributed by atoms with Crippen molar-refractivity contribution in [1.82, 2.24) is 0 Å². The van der Waals surface area contributed by atoms with Crippen molar-refractivity contribution < 1.29 is 19.4 Å². The van der Waals surface area contributed by atoms with Crippen LogP contribution in [-0.4, -0.2) is 29.2 Å². The predicted octanol–water partition coefficient (Wildman–Crippen LogP) is 2.33. The molecule has 1 aromatic carbocycles. The molecule has 2 rings (SSSR count). The van der Waals surface area contributed by atoms with E-state index in [0.717, 1.165) is 10.0 Å². The van der Waals surface area contributed by atoms with Crippen molar-refractivity contribution in [3.05, 3.63) is 28.2 Å². The Morgan fingerprint density at radius 1 is 1.47 bits per heavy atom. The van der Waals surface area contributed by atoms with Gasteiger partial charge in [-0.15, -0.1) is 0 Å². The molecule has 0 aromatic heterocycles. The summed E-state index contributed by atoms with van der Waals surface area (Å²) in [6.07, 6.45) is 0.762. The van der Waals surface area contributed by atoms with Crippen molar-refractivity contribution in [1.29, 1.82) is 0 Å². The number of benzene rings is 1. The molecule has 1 aliphatic heterocycles. The number of hydrogen-bond donors (Lipinski definition) is 2. The molecule has 1 aromatic rings. The van der Waals surface area contributed by atoms with Gasteiger partial charge in [0.1, 0.15) is 0 Å². The van der Waals surface area contributed by atoms with Crippen molar-refractivity contribution in [3.63, 3.8) is 0 Å². The fourth-order valence-electron chi connectivity index (χ4n) is 2.05. The Balaban J connectivity index is 2.25. The quantitative estimate of drug-likeness (QED) is 0.835. The summed E-state index contributed by atoms with van der Waals surface area (Å²) in [5.41, 5.74) is -0.334. The second kappa shape index (κ2) is 5.30. The van der Waals surface area contributed by atoms with Crippen molar-refractivity contribution >= 4 is 33.5 Å².